The lowest BCUT2D eigenvalue weighted by molar-refractivity contribution is -0.0742. The van der Waals surface area contributed by atoms with Crippen molar-refractivity contribution in [3.63, 3.8) is 0 Å². The summed E-state index contributed by atoms with van der Waals surface area (Å²) in [6.45, 7) is 16.3. The van der Waals surface area contributed by atoms with E-state index in [1.807, 2.05) is 69.5 Å². The third-order valence-corrected chi connectivity index (χ3v) is 9.15. The van der Waals surface area contributed by atoms with Gasteiger partial charge in [-0.15, -0.1) is 0 Å². The normalized spacial score (nSPS) is 22.9. The molecule has 1 aromatic rings. The Morgan fingerprint density at radius 3 is 1.07 bits per heavy atom. The first-order valence-corrected chi connectivity index (χ1v) is 13.6. The van der Waals surface area contributed by atoms with Crippen molar-refractivity contribution in [2.24, 2.45) is 0 Å². The van der Waals surface area contributed by atoms with Gasteiger partial charge in [-0.05, 0) is 81.6 Å². The van der Waals surface area contributed by atoms with E-state index in [2.05, 4.69) is 9.80 Å². The fourth-order valence-electron chi connectivity index (χ4n) is 6.45. The van der Waals surface area contributed by atoms with Crippen molar-refractivity contribution in [1.82, 2.24) is 9.80 Å². The molecule has 0 unspecified atom stereocenters. The maximum atomic E-state index is 13.3. The highest BCUT2D eigenvalue weighted by atomic mass is 16.5. The molecule has 2 aliphatic rings. The molecule has 2 heterocycles. The number of benzene rings is 1. The minimum Gasteiger partial charge on any atom is -0.478 e. The van der Waals surface area contributed by atoms with E-state index in [0.717, 1.165) is 12.1 Å². The highest BCUT2D eigenvalue weighted by Gasteiger charge is 2.46. The zero-order valence-corrected chi connectivity index (χ0v) is 25.4. The lowest BCUT2D eigenvalue weighted by atomic mass is 9.78. The fourth-order valence-corrected chi connectivity index (χ4v) is 6.45. The third-order valence-electron chi connectivity index (χ3n) is 9.15. The minimum absolute atomic E-state index is 0.292. The van der Waals surface area contributed by atoms with Crippen molar-refractivity contribution >= 4 is 23.9 Å². The first-order valence-electron chi connectivity index (χ1n) is 13.6. The number of carboxylic acid groups (broad SMARTS) is 2. The van der Waals surface area contributed by atoms with E-state index in [1.54, 1.807) is 0 Å². The van der Waals surface area contributed by atoms with Crippen LogP contribution in [-0.4, -0.2) is 92.3 Å². The van der Waals surface area contributed by atoms with Gasteiger partial charge in [-0.1, -0.05) is 0 Å². The molecule has 0 aliphatic carbocycles. The molecule has 0 atom stereocenters. The number of ether oxygens (including phenoxy) is 2. The molecule has 10 heteroatoms. The van der Waals surface area contributed by atoms with Crippen molar-refractivity contribution in [2.45, 2.75) is 115 Å². The van der Waals surface area contributed by atoms with E-state index in [1.165, 1.54) is 0 Å². The summed E-state index contributed by atoms with van der Waals surface area (Å²) in [7, 11) is 4.01. The first kappa shape index (κ1) is 31.5. The number of nitrogens with zero attached hydrogens (tertiary/aromatic N) is 2. The topological polar surface area (TPSA) is 134 Å². The Morgan fingerprint density at radius 1 is 0.600 bits per heavy atom. The molecule has 1 aromatic carbocycles. The monoisotopic (exact) mass is 560 g/mol. The van der Waals surface area contributed by atoms with Crippen LogP contribution in [0.15, 0.2) is 12.1 Å². The highest BCUT2D eigenvalue weighted by Crippen LogP contribution is 2.40. The van der Waals surface area contributed by atoms with E-state index in [9.17, 15) is 29.4 Å². The molecular weight excluding hydrogens is 516 g/mol. The molecule has 0 amide bonds. The Morgan fingerprint density at radius 2 is 0.850 bits per heavy atom. The standard InChI is InChI=1S/C30H44N2O8/c1-27(2)13-17(14-28(3,4)31(27)9)39-25(37)21-11-20(24(35)36)22(12-19(21)23(33)34)26(38)40-18-15-29(5,6)32(10)30(7,8)16-18/h11-12,17-18H,13-16H2,1-10H3,(H,33,34)(H,35,36). The van der Waals surface area contributed by atoms with Crippen molar-refractivity contribution < 1.29 is 38.9 Å². The maximum Gasteiger partial charge on any atom is 0.339 e. The lowest BCUT2D eigenvalue weighted by Gasteiger charge is -2.53. The molecule has 2 saturated heterocycles. The van der Waals surface area contributed by atoms with Gasteiger partial charge in [0.25, 0.3) is 0 Å². The second-order valence-electron chi connectivity index (χ2n) is 13.8. The third kappa shape index (κ3) is 6.17. The summed E-state index contributed by atoms with van der Waals surface area (Å²) in [6.07, 6.45) is 1.04. The van der Waals surface area contributed by atoms with Crippen molar-refractivity contribution in [3.05, 3.63) is 34.4 Å². The molecule has 0 aromatic heterocycles. The molecule has 3 rings (SSSR count). The van der Waals surface area contributed by atoms with Crippen LogP contribution in [0, 0.1) is 0 Å². The fraction of sp³-hybridized carbons (Fsp3) is 0.667. The van der Waals surface area contributed by atoms with Crippen LogP contribution in [0.1, 0.15) is 123 Å². The van der Waals surface area contributed by atoms with Gasteiger partial charge in [0.1, 0.15) is 12.2 Å². The number of aromatic carboxylic acids is 2. The van der Waals surface area contributed by atoms with Gasteiger partial charge < -0.3 is 19.7 Å². The van der Waals surface area contributed by atoms with Gasteiger partial charge >= 0.3 is 23.9 Å². The average molecular weight is 561 g/mol. The molecule has 0 saturated carbocycles. The second-order valence-corrected chi connectivity index (χ2v) is 13.8. The molecule has 0 radical (unpaired) electrons. The van der Waals surface area contributed by atoms with Crippen LogP contribution >= 0.6 is 0 Å². The van der Waals surface area contributed by atoms with E-state index < -0.39 is 58.3 Å². The second kappa shape index (κ2) is 10.4. The minimum atomic E-state index is -1.48. The molecule has 10 nitrogen and oxygen atoms in total. The van der Waals surface area contributed by atoms with Gasteiger partial charge in [0.05, 0.1) is 22.3 Å². The predicted octanol–water partition coefficient (Wildman–Crippen LogP) is 4.70. The molecule has 0 spiro atoms. The summed E-state index contributed by atoms with van der Waals surface area (Å²) in [6, 6.07) is 1.83. The summed E-state index contributed by atoms with van der Waals surface area (Å²) < 4.78 is 11.5. The van der Waals surface area contributed by atoms with E-state index >= 15 is 0 Å². The molecule has 40 heavy (non-hydrogen) atoms. The number of carbonyl (C=O) groups excluding carboxylic acids is 2. The quantitative estimate of drug-likeness (QED) is 0.472. The van der Waals surface area contributed by atoms with Crippen LogP contribution in [0.3, 0.4) is 0 Å². The van der Waals surface area contributed by atoms with Crippen LogP contribution in [0.4, 0.5) is 0 Å². The van der Waals surface area contributed by atoms with Crippen LogP contribution in [0.25, 0.3) is 0 Å². The van der Waals surface area contributed by atoms with E-state index in [-0.39, 0.29) is 22.2 Å². The lowest BCUT2D eigenvalue weighted by Crippen LogP contribution is -2.60. The Hall–Kier alpha value is -2.98. The molecule has 2 fully saturated rings. The van der Waals surface area contributed by atoms with Crippen LogP contribution in [0.2, 0.25) is 0 Å². The number of carboxylic acids is 2. The van der Waals surface area contributed by atoms with E-state index in [4.69, 9.17) is 9.47 Å². The smallest absolute Gasteiger partial charge is 0.339 e. The van der Waals surface area contributed by atoms with Crippen LogP contribution in [-0.2, 0) is 9.47 Å². The molecule has 0 bridgehead atoms. The Bertz CT molecular complexity index is 1090. The number of likely N-dealkylation sites (tertiary alicyclic amines) is 2. The highest BCUT2D eigenvalue weighted by molar-refractivity contribution is 6.09. The van der Waals surface area contributed by atoms with Crippen molar-refractivity contribution in [2.75, 3.05) is 14.1 Å². The molecule has 2 aliphatic heterocycles. The number of piperidine rings is 2. The van der Waals surface area contributed by atoms with Gasteiger partial charge in [-0.2, -0.15) is 0 Å². The predicted molar refractivity (Wildman–Crippen MR) is 149 cm³/mol. The van der Waals surface area contributed by atoms with Crippen molar-refractivity contribution in [3.8, 4) is 0 Å². The van der Waals surface area contributed by atoms with Gasteiger partial charge in [0.15, 0.2) is 0 Å². The Balaban J connectivity index is 1.94. The largest absolute Gasteiger partial charge is 0.478 e. The number of carbonyl (C=O) groups is 4. The van der Waals surface area contributed by atoms with Crippen LogP contribution in [0.5, 0.6) is 0 Å². The zero-order valence-electron chi connectivity index (χ0n) is 25.4. The van der Waals surface area contributed by atoms with Gasteiger partial charge in [0.2, 0.25) is 0 Å². The zero-order chi connectivity index (χ0) is 30.6. The summed E-state index contributed by atoms with van der Waals surface area (Å²) in [4.78, 5) is 55.4. The van der Waals surface area contributed by atoms with E-state index in [0.29, 0.717) is 25.7 Å². The van der Waals surface area contributed by atoms with Crippen molar-refractivity contribution in [1.29, 1.82) is 0 Å². The molecular formula is C30H44N2O8. The van der Waals surface area contributed by atoms with Gasteiger partial charge in [-0.3, -0.25) is 9.80 Å². The SMILES string of the molecule is CN1C(C)(C)CC(OC(=O)c2cc(C(=O)O)c(C(=O)OC3CC(C)(C)N(C)C(C)(C)C3)cc2C(=O)O)CC1(C)C. The van der Waals surface area contributed by atoms with Crippen LogP contribution < -0.4 is 0 Å². The molecule has 2 N–H and O–H groups in total. The van der Waals surface area contributed by atoms with Gasteiger partial charge in [0, 0.05) is 47.8 Å². The summed E-state index contributed by atoms with van der Waals surface area (Å²) >= 11 is 0. The summed E-state index contributed by atoms with van der Waals surface area (Å²) in [5.74, 6) is -4.85. The first-order chi connectivity index (χ1) is 18.1. The number of hydrogen-bond donors (Lipinski definition) is 2. The number of rotatable bonds is 6. The molecule has 222 valence electrons. The number of esters is 2. The number of hydrogen-bond acceptors (Lipinski definition) is 8. The summed E-state index contributed by atoms with van der Waals surface area (Å²) in [5.41, 5.74) is -3.04. The summed E-state index contributed by atoms with van der Waals surface area (Å²) in [5, 5.41) is 19.9. The average Bonchev–Trinajstić information content (AvgIpc) is 2.79. The van der Waals surface area contributed by atoms with Gasteiger partial charge in [-0.25, -0.2) is 19.2 Å². The maximum absolute atomic E-state index is 13.3. The Labute approximate surface area is 236 Å². The Kier molecular flexibility index (Phi) is 8.24.